The highest BCUT2D eigenvalue weighted by atomic mass is 31.3. The van der Waals surface area contributed by atoms with Gasteiger partial charge < -0.3 is 54.9 Å². The predicted molar refractivity (Wildman–Crippen MR) is 168 cm³/mol. The van der Waals surface area contributed by atoms with Crippen molar-refractivity contribution >= 4 is 51.5 Å². The van der Waals surface area contributed by atoms with Gasteiger partial charge in [0.25, 0.3) is 17.1 Å². The minimum atomic E-state index is -5.74. The molecule has 2 fully saturated rings. The summed E-state index contributed by atoms with van der Waals surface area (Å²) in [4.78, 5) is 61.6. The maximum absolute atomic E-state index is 12.9. The number of hydrogen-bond acceptors (Lipinski definition) is 19. The molecule has 29 heteroatoms. The number of imidazole rings is 2. The van der Waals surface area contributed by atoms with Crippen LogP contribution in [0.2, 0.25) is 0 Å². The molecule has 0 bridgehead atoms. The summed E-state index contributed by atoms with van der Waals surface area (Å²) < 4.78 is 71.4. The molecule has 2 aliphatic heterocycles. The molecule has 11 atom stereocenters. The van der Waals surface area contributed by atoms with Gasteiger partial charge in [0.1, 0.15) is 42.4 Å². The first-order chi connectivity index (χ1) is 24.2. The van der Waals surface area contributed by atoms with Gasteiger partial charge >= 0.3 is 28.9 Å². The third kappa shape index (κ3) is 7.55. The molecule has 0 radical (unpaired) electrons. The number of aromatic amines is 2. The molecule has 0 aliphatic carbocycles. The first-order valence-corrected chi connectivity index (χ1v) is 19.8. The number of aromatic nitrogens is 8. The molecule has 4 aromatic heterocycles. The van der Waals surface area contributed by atoms with Crippen molar-refractivity contribution in [2.45, 2.75) is 56.0 Å². The zero-order valence-corrected chi connectivity index (χ0v) is 29.6. The molecule has 5 unspecified atom stereocenters. The minimum Gasteiger partial charge on any atom is -0.387 e. The van der Waals surface area contributed by atoms with E-state index in [1.54, 1.807) is 0 Å². The largest absolute Gasteiger partial charge is 0.488 e. The Bertz CT molecular complexity index is 2280. The predicted octanol–water partition coefficient (Wildman–Crippen LogP) is -3.10. The summed E-state index contributed by atoms with van der Waals surface area (Å²) in [6.07, 6.45) is -10.1. The highest BCUT2D eigenvalue weighted by Crippen LogP contribution is 2.68. The van der Waals surface area contributed by atoms with Crippen LogP contribution in [0.1, 0.15) is 18.3 Å². The number of H-pyrrole nitrogens is 2. The second-order valence-electron chi connectivity index (χ2n) is 11.8. The summed E-state index contributed by atoms with van der Waals surface area (Å²) in [5.41, 5.74) is 4.39. The third-order valence-corrected chi connectivity index (χ3v) is 12.7. The van der Waals surface area contributed by atoms with Gasteiger partial charge in [-0.1, -0.05) is 4.98 Å². The molecule has 26 nitrogen and oxygen atoms in total. The lowest BCUT2D eigenvalue weighted by Gasteiger charge is -2.22. The van der Waals surface area contributed by atoms with Gasteiger partial charge in [-0.25, -0.2) is 28.0 Å². The first kappa shape index (κ1) is 38.4. The Labute approximate surface area is 289 Å². The number of phosphoric acid groups is 2. The molecule has 4 aromatic rings. The van der Waals surface area contributed by atoms with Crippen molar-refractivity contribution in [1.29, 1.82) is 0 Å². The molecule has 6 rings (SSSR count). The Morgan fingerprint density at radius 1 is 0.923 bits per heavy atom. The number of aryl methyl sites for hydroxylation is 2. The number of nitrogens with one attached hydrogen (secondary N) is 2. The Balaban J connectivity index is 1.05. The number of nitrogen functional groups attached to an aromatic ring is 1. The molecule has 0 amide bonds. The van der Waals surface area contributed by atoms with E-state index in [0.29, 0.717) is 6.66 Å². The third-order valence-electron chi connectivity index (χ3n) is 7.90. The van der Waals surface area contributed by atoms with Crippen LogP contribution in [-0.4, -0.2) is 121 Å². The summed E-state index contributed by atoms with van der Waals surface area (Å²) >= 11 is 0. The van der Waals surface area contributed by atoms with E-state index in [9.17, 15) is 53.5 Å². The average molecular weight is 800 g/mol. The molecular weight excluding hydrogens is 767 g/mol. The van der Waals surface area contributed by atoms with Gasteiger partial charge in [0, 0.05) is 6.66 Å². The fraction of sp³-hybridized carbons (Fsp3) is 0.565. The topological polar surface area (TPSA) is 372 Å². The van der Waals surface area contributed by atoms with Crippen molar-refractivity contribution in [3.05, 3.63) is 39.2 Å². The van der Waals surface area contributed by atoms with Crippen molar-refractivity contribution in [2.24, 2.45) is 7.05 Å². The monoisotopic (exact) mass is 800 g/mol. The number of hydrogen-bond donors (Lipinski definition) is 9. The average Bonchev–Trinajstić information content (AvgIpc) is 3.74. The molecule has 2 aliphatic rings. The number of phosphoric ester groups is 1. The van der Waals surface area contributed by atoms with Gasteiger partial charge in [-0.15, -0.1) is 0 Å². The number of nitrogens with two attached hydrogens (primary N) is 1. The quantitative estimate of drug-likeness (QED) is 0.0506. The van der Waals surface area contributed by atoms with Crippen LogP contribution in [0.3, 0.4) is 0 Å². The Morgan fingerprint density at radius 3 is 2.29 bits per heavy atom. The van der Waals surface area contributed by atoms with E-state index in [1.165, 1.54) is 29.4 Å². The molecule has 0 saturated carbocycles. The Hall–Kier alpha value is -3.29. The number of aliphatic hydroxyl groups excluding tert-OH is 4. The molecule has 0 aromatic carbocycles. The standard InChI is InChI=1S/C23H32N9O17P3/c1-8-26-17-11(19(37)27-8)25-6-31(17)21-15(35)14(34)10(46-21)5-45-51(40,41)49-52(42,43)48-50(3,39)44-4-9-13(33)16(36)22(47-9)32-7-30(2)12-18(32)28-23(24)29-20(12)38/h6-7,9-10,13-16,21-22,33-36H,4-5H2,1-3H3,(H5-,24,26,27,28,29,37,38,40,41,42,43)/p+1/t9-,10-,13?,14?,15+,16+,21-,22-,50?/m1/s1. The van der Waals surface area contributed by atoms with Gasteiger partial charge in [0.2, 0.25) is 11.7 Å². The SMILES string of the molecule is Cc1nc2c(ncn2[C@@H]2O[C@H](COP(=O)(O)OP(=O)(O)OP(C)(=O)OC[C@H]3O[C@@H]([n+]4cn(C)c5c(=O)[nH]c(N)nc54)[C@@H](O)C3O)C(O)[C@@H]2O)c(=O)[nH]1. The lowest BCUT2D eigenvalue weighted by Crippen LogP contribution is -2.46. The van der Waals surface area contributed by atoms with E-state index in [4.69, 9.17) is 19.7 Å². The van der Waals surface area contributed by atoms with E-state index >= 15 is 0 Å². The van der Waals surface area contributed by atoms with Crippen LogP contribution >= 0.6 is 23.2 Å². The van der Waals surface area contributed by atoms with E-state index in [2.05, 4.69) is 38.1 Å². The van der Waals surface area contributed by atoms with Crippen LogP contribution in [0, 0.1) is 6.92 Å². The molecule has 6 heterocycles. The highest BCUT2D eigenvalue weighted by molar-refractivity contribution is 7.68. The second-order valence-corrected chi connectivity index (χ2v) is 17.0. The maximum Gasteiger partial charge on any atom is 0.488 e. The van der Waals surface area contributed by atoms with Gasteiger partial charge in [-0.3, -0.25) is 32.8 Å². The molecule has 0 spiro atoms. The fourth-order valence-corrected chi connectivity index (χ4v) is 9.69. The van der Waals surface area contributed by atoms with Gasteiger partial charge in [0.05, 0.1) is 26.6 Å². The zero-order chi connectivity index (χ0) is 38.1. The number of ether oxygens (including phenoxy) is 2. The van der Waals surface area contributed by atoms with Crippen molar-refractivity contribution in [3.63, 3.8) is 0 Å². The van der Waals surface area contributed by atoms with E-state index < -0.39 is 96.7 Å². The zero-order valence-electron chi connectivity index (χ0n) is 27.0. The van der Waals surface area contributed by atoms with E-state index in [1.807, 2.05) is 0 Å². The molecular formula is C23H33N9O17P3+. The molecule has 2 saturated heterocycles. The second kappa shape index (κ2) is 13.8. The first-order valence-electron chi connectivity index (χ1n) is 14.8. The summed E-state index contributed by atoms with van der Waals surface area (Å²) in [6, 6.07) is 0. The van der Waals surface area contributed by atoms with Crippen LogP contribution in [-0.2, 0) is 47.9 Å². The normalized spacial score (nSPS) is 30.1. The summed E-state index contributed by atoms with van der Waals surface area (Å²) in [5.74, 6) is -0.0354. The maximum atomic E-state index is 12.9. The fourth-order valence-electron chi connectivity index (χ4n) is 5.63. The lowest BCUT2D eigenvalue weighted by atomic mass is 10.1. The van der Waals surface area contributed by atoms with Gasteiger partial charge in [0.15, 0.2) is 23.7 Å². The van der Waals surface area contributed by atoms with Crippen molar-refractivity contribution in [3.8, 4) is 0 Å². The minimum absolute atomic E-state index is 0.00535. The number of aliphatic hydroxyl groups is 4. The number of rotatable bonds is 12. The van der Waals surface area contributed by atoms with Crippen LogP contribution in [0.25, 0.3) is 22.3 Å². The number of anilines is 1. The Morgan fingerprint density at radius 2 is 1.58 bits per heavy atom. The van der Waals surface area contributed by atoms with E-state index in [-0.39, 0.29) is 34.1 Å². The van der Waals surface area contributed by atoms with Crippen molar-refractivity contribution < 1.29 is 75.6 Å². The number of nitrogens with zero attached hydrogens (tertiary/aromatic N) is 6. The summed E-state index contributed by atoms with van der Waals surface area (Å²) in [7, 11) is -14.5. The van der Waals surface area contributed by atoms with Crippen LogP contribution < -0.4 is 21.4 Å². The van der Waals surface area contributed by atoms with Crippen molar-refractivity contribution in [1.82, 2.24) is 34.1 Å². The lowest BCUT2D eigenvalue weighted by molar-refractivity contribution is -0.745. The van der Waals surface area contributed by atoms with Crippen LogP contribution in [0.5, 0.6) is 0 Å². The van der Waals surface area contributed by atoms with E-state index in [0.717, 1.165) is 10.9 Å². The van der Waals surface area contributed by atoms with Crippen LogP contribution in [0.15, 0.2) is 22.2 Å². The molecule has 52 heavy (non-hydrogen) atoms. The highest BCUT2D eigenvalue weighted by Gasteiger charge is 2.49. The summed E-state index contributed by atoms with van der Waals surface area (Å²) in [5, 5.41) is 42.3. The molecule has 286 valence electrons. The summed E-state index contributed by atoms with van der Waals surface area (Å²) in [6.45, 7) is 0.343. The number of fused-ring (bicyclic) bond motifs is 2. The Kier molecular flexibility index (Phi) is 10.2. The van der Waals surface area contributed by atoms with Crippen LogP contribution in [0.4, 0.5) is 5.95 Å². The van der Waals surface area contributed by atoms with Crippen molar-refractivity contribution in [2.75, 3.05) is 25.6 Å². The van der Waals surface area contributed by atoms with Gasteiger partial charge in [-0.2, -0.15) is 4.31 Å². The van der Waals surface area contributed by atoms with Gasteiger partial charge in [-0.05, 0) is 6.92 Å². The smallest absolute Gasteiger partial charge is 0.387 e. The molecule has 10 N–H and O–H groups in total.